The smallest absolute Gasteiger partial charge is 0.390 e. The highest BCUT2D eigenvalue weighted by atomic mass is 32.2. The van der Waals surface area contributed by atoms with Gasteiger partial charge in [-0.2, -0.15) is 18.3 Å². The van der Waals surface area contributed by atoms with Gasteiger partial charge in [0.05, 0.1) is 18.7 Å². The van der Waals surface area contributed by atoms with Crippen molar-refractivity contribution in [1.29, 1.82) is 0 Å². The molecule has 0 amide bonds. The first kappa shape index (κ1) is 17.3. The van der Waals surface area contributed by atoms with Crippen molar-refractivity contribution in [2.24, 2.45) is 0 Å². The molecule has 1 aromatic rings. The van der Waals surface area contributed by atoms with Gasteiger partial charge in [0.1, 0.15) is 4.75 Å². The second-order valence-corrected chi connectivity index (χ2v) is 7.62. The molecule has 0 aliphatic carbocycles. The van der Waals surface area contributed by atoms with Gasteiger partial charge in [0.25, 0.3) is 0 Å². The maximum absolute atomic E-state index is 12.1. The normalized spacial score (nSPS) is 16.2. The van der Waals surface area contributed by atoms with Crippen LogP contribution in [-0.4, -0.2) is 25.3 Å². The van der Waals surface area contributed by atoms with Crippen LogP contribution in [0.25, 0.3) is 0 Å². The van der Waals surface area contributed by atoms with Crippen LogP contribution in [0, 0.1) is 0 Å². The Kier molecular flexibility index (Phi) is 5.51. The largest absolute Gasteiger partial charge is 0.598 e. The monoisotopic (exact) mass is 311 g/mol. The zero-order valence-electron chi connectivity index (χ0n) is 12.0. The summed E-state index contributed by atoms with van der Waals surface area (Å²) in [5.74, 6) is 0. The summed E-state index contributed by atoms with van der Waals surface area (Å²) in [5, 5.41) is 3.89. The predicted molar refractivity (Wildman–Crippen MR) is 72.3 cm³/mol. The minimum Gasteiger partial charge on any atom is -0.598 e. The highest BCUT2D eigenvalue weighted by molar-refractivity contribution is 7.90. The van der Waals surface area contributed by atoms with Crippen LogP contribution in [0.3, 0.4) is 0 Å². The molecule has 4 nitrogen and oxygen atoms in total. The Bertz CT molecular complexity index is 428. The second-order valence-electron chi connectivity index (χ2n) is 5.62. The Morgan fingerprint density at radius 2 is 2.00 bits per heavy atom. The first-order valence-electron chi connectivity index (χ1n) is 6.26. The van der Waals surface area contributed by atoms with Crippen molar-refractivity contribution in [1.82, 2.24) is 14.5 Å². The van der Waals surface area contributed by atoms with Gasteiger partial charge >= 0.3 is 6.18 Å². The molecule has 1 unspecified atom stereocenters. The number of aryl methyl sites for hydroxylation is 1. The summed E-state index contributed by atoms with van der Waals surface area (Å²) in [6.07, 6.45) is -2.06. The highest BCUT2D eigenvalue weighted by Crippen LogP contribution is 2.22. The number of rotatable bonds is 5. The second kappa shape index (κ2) is 6.36. The number of nitrogens with one attached hydrogen (secondary N) is 1. The van der Waals surface area contributed by atoms with Gasteiger partial charge in [-0.15, -0.1) is 4.72 Å². The first-order valence-corrected chi connectivity index (χ1v) is 7.41. The molecule has 0 saturated heterocycles. The number of halogens is 3. The van der Waals surface area contributed by atoms with Gasteiger partial charge in [0.2, 0.25) is 0 Å². The van der Waals surface area contributed by atoms with Crippen molar-refractivity contribution in [2.45, 2.75) is 57.6 Å². The molecule has 0 radical (unpaired) electrons. The molecule has 0 fully saturated rings. The molecule has 2 atom stereocenters. The van der Waals surface area contributed by atoms with Gasteiger partial charge in [-0.05, 0) is 27.7 Å². The van der Waals surface area contributed by atoms with E-state index < -0.39 is 28.7 Å². The van der Waals surface area contributed by atoms with Crippen molar-refractivity contribution in [3.63, 3.8) is 0 Å². The van der Waals surface area contributed by atoms with E-state index in [1.807, 2.05) is 20.8 Å². The fourth-order valence-electron chi connectivity index (χ4n) is 1.37. The summed E-state index contributed by atoms with van der Waals surface area (Å²) >= 11 is -1.24. The van der Waals surface area contributed by atoms with E-state index in [0.717, 1.165) is 0 Å². The van der Waals surface area contributed by atoms with Gasteiger partial charge in [-0.1, -0.05) is 0 Å². The van der Waals surface area contributed by atoms with Crippen LogP contribution < -0.4 is 4.72 Å². The van der Waals surface area contributed by atoms with E-state index in [2.05, 4.69) is 9.82 Å². The number of alkyl halides is 3. The molecule has 0 bridgehead atoms. The highest BCUT2D eigenvalue weighted by Gasteiger charge is 2.29. The van der Waals surface area contributed by atoms with Crippen LogP contribution in [-0.2, 0) is 17.9 Å². The lowest BCUT2D eigenvalue weighted by Gasteiger charge is -2.26. The summed E-state index contributed by atoms with van der Waals surface area (Å²) in [4.78, 5) is 0. The molecule has 1 N–H and O–H groups in total. The summed E-state index contributed by atoms with van der Waals surface area (Å²) in [7, 11) is 0. The Morgan fingerprint density at radius 3 is 2.50 bits per heavy atom. The lowest BCUT2D eigenvalue weighted by Crippen LogP contribution is -2.40. The van der Waals surface area contributed by atoms with Crippen molar-refractivity contribution < 1.29 is 17.7 Å². The van der Waals surface area contributed by atoms with Crippen molar-refractivity contribution in [2.75, 3.05) is 0 Å². The fraction of sp³-hybridized carbons (Fsp3) is 0.750. The molecule has 1 heterocycles. The maximum atomic E-state index is 12.1. The van der Waals surface area contributed by atoms with E-state index >= 15 is 0 Å². The quantitative estimate of drug-likeness (QED) is 0.851. The van der Waals surface area contributed by atoms with Crippen molar-refractivity contribution in [3.8, 4) is 0 Å². The SMILES string of the molecule is CC(N[S@@+]([O-])C(C)(C)C)c1cnn(CCC(F)(F)F)c1. The number of nitrogens with zero attached hydrogens (tertiary/aromatic N) is 2. The van der Waals surface area contributed by atoms with Gasteiger partial charge in [0.15, 0.2) is 0 Å². The molecule has 0 aliphatic heterocycles. The molecule has 1 rings (SSSR count). The van der Waals surface area contributed by atoms with Crippen LogP contribution in [0.1, 0.15) is 45.7 Å². The third-order valence-electron chi connectivity index (χ3n) is 2.62. The predicted octanol–water partition coefficient (Wildman–Crippen LogP) is 2.95. The Balaban J connectivity index is 2.58. The molecule has 0 saturated carbocycles. The molecule has 0 aromatic carbocycles. The number of hydrogen-bond acceptors (Lipinski definition) is 3. The summed E-state index contributed by atoms with van der Waals surface area (Å²) in [6.45, 7) is 7.12. The van der Waals surface area contributed by atoms with E-state index in [-0.39, 0.29) is 12.6 Å². The van der Waals surface area contributed by atoms with Crippen molar-refractivity contribution in [3.05, 3.63) is 18.0 Å². The third kappa shape index (κ3) is 5.72. The molecule has 1 aromatic heterocycles. The zero-order valence-corrected chi connectivity index (χ0v) is 12.8. The van der Waals surface area contributed by atoms with E-state index in [1.54, 1.807) is 13.1 Å². The Labute approximate surface area is 120 Å². The van der Waals surface area contributed by atoms with Gasteiger partial charge < -0.3 is 4.55 Å². The topological polar surface area (TPSA) is 52.9 Å². The van der Waals surface area contributed by atoms with Crippen LogP contribution in [0.2, 0.25) is 0 Å². The van der Waals surface area contributed by atoms with Gasteiger partial charge in [0, 0.05) is 29.7 Å². The molecule has 20 heavy (non-hydrogen) atoms. The summed E-state index contributed by atoms with van der Waals surface area (Å²) < 4.78 is 52.1. The Hall–Kier alpha value is -0.730. The summed E-state index contributed by atoms with van der Waals surface area (Å²) in [5.41, 5.74) is 0.713. The maximum Gasteiger partial charge on any atom is 0.390 e. The van der Waals surface area contributed by atoms with E-state index in [4.69, 9.17) is 0 Å². The standard InChI is InChI=1S/C12H20F3N3OS/c1-9(17-20(19)11(2,3)4)10-7-16-18(8-10)6-5-12(13,14)15/h7-9,17H,5-6H2,1-4H3/t9?,20-/m0/s1. The first-order chi connectivity index (χ1) is 8.99. The average molecular weight is 311 g/mol. The minimum atomic E-state index is -4.19. The molecule has 0 spiro atoms. The molecule has 8 heteroatoms. The number of hydrogen-bond donors (Lipinski definition) is 1. The van der Waals surface area contributed by atoms with E-state index in [0.29, 0.717) is 5.56 Å². The van der Waals surface area contributed by atoms with Crippen LogP contribution in [0.5, 0.6) is 0 Å². The Morgan fingerprint density at radius 1 is 1.40 bits per heavy atom. The van der Waals surface area contributed by atoms with Crippen LogP contribution in [0.4, 0.5) is 13.2 Å². The summed E-state index contributed by atoms with van der Waals surface area (Å²) in [6, 6.07) is -0.241. The molecule has 0 aliphatic rings. The molecule has 116 valence electrons. The third-order valence-corrected chi connectivity index (χ3v) is 4.30. The lowest BCUT2D eigenvalue weighted by atomic mass is 10.2. The molecular formula is C12H20F3N3OS. The van der Waals surface area contributed by atoms with Crippen LogP contribution >= 0.6 is 0 Å². The van der Waals surface area contributed by atoms with Gasteiger partial charge in [-0.25, -0.2) is 0 Å². The van der Waals surface area contributed by atoms with E-state index in [9.17, 15) is 17.7 Å². The minimum absolute atomic E-state index is 0.210. The average Bonchev–Trinajstić information content (AvgIpc) is 2.72. The fourth-order valence-corrected chi connectivity index (χ4v) is 2.18. The lowest BCUT2D eigenvalue weighted by molar-refractivity contribution is -0.137. The van der Waals surface area contributed by atoms with Crippen molar-refractivity contribution >= 4 is 11.4 Å². The number of aromatic nitrogens is 2. The zero-order chi connectivity index (χ0) is 15.6. The molecular weight excluding hydrogens is 291 g/mol. The van der Waals surface area contributed by atoms with E-state index in [1.165, 1.54) is 10.9 Å². The van der Waals surface area contributed by atoms with Crippen LogP contribution in [0.15, 0.2) is 12.4 Å². The van der Waals surface area contributed by atoms with Gasteiger partial charge in [-0.3, -0.25) is 4.68 Å².